The van der Waals surface area contributed by atoms with Crippen LogP contribution in [0.15, 0.2) is 72.6 Å². The smallest absolute Gasteiger partial charge is 0 e. The van der Waals surface area contributed by atoms with Crippen molar-refractivity contribution in [3.63, 3.8) is 0 Å². The average Bonchev–Trinajstić information content (AvgIpc) is 2.38. The average molecular weight is 281 g/mol. The molecule has 0 unspecified atom stereocenters. The van der Waals surface area contributed by atoms with Gasteiger partial charge in [-0.3, -0.25) is 0 Å². The topological polar surface area (TPSA) is 0 Å². The van der Waals surface area contributed by atoms with Crippen molar-refractivity contribution in [3.8, 4) is 0 Å². The Morgan fingerprint density at radius 3 is 1.53 bits per heavy atom. The van der Waals surface area contributed by atoms with E-state index in [0.29, 0.717) is 0 Å². The molecule has 0 aromatic heterocycles. The molecule has 0 N–H and O–H groups in total. The molecule has 2 rings (SSSR count). The maximum atomic E-state index is 3.81. The van der Waals surface area contributed by atoms with Gasteiger partial charge in [-0.1, -0.05) is 60.7 Å². The summed E-state index contributed by atoms with van der Waals surface area (Å²) in [5.41, 5.74) is 0. The summed E-state index contributed by atoms with van der Waals surface area (Å²) >= 11 is 0. The maximum absolute atomic E-state index is 3.81. The predicted octanol–water partition coefficient (Wildman–Crippen LogP) is 3.46. The molecule has 0 radical (unpaired) electrons. The first-order valence-corrected chi connectivity index (χ1v) is 6.68. The molecule has 0 bridgehead atoms. The zero-order valence-corrected chi connectivity index (χ0v) is 11.4. The van der Waals surface area contributed by atoms with Gasteiger partial charge in [0.2, 0.25) is 0 Å². The number of benzene rings is 2. The number of rotatable bonds is 3. The Kier molecular flexibility index (Phi) is 6.08. The normalized spacial score (nSPS) is 10.4. The Morgan fingerprint density at radius 2 is 1.18 bits per heavy atom. The predicted molar refractivity (Wildman–Crippen MR) is 73.6 cm³/mol. The van der Waals surface area contributed by atoms with Crippen LogP contribution < -0.4 is 10.6 Å². The summed E-state index contributed by atoms with van der Waals surface area (Å²) < 4.78 is 0. The van der Waals surface area contributed by atoms with Crippen molar-refractivity contribution in [2.24, 2.45) is 0 Å². The Hall–Kier alpha value is -1.00. The molecule has 0 saturated carbocycles. The Labute approximate surface area is 115 Å². The fraction of sp³-hybridized carbons (Fsp3) is 0. The molecule has 17 heavy (non-hydrogen) atoms. The van der Waals surface area contributed by atoms with Gasteiger partial charge in [0.15, 0.2) is 0 Å². The summed E-state index contributed by atoms with van der Waals surface area (Å²) in [7, 11) is -0.394. The number of allylic oxidation sites excluding steroid dienone is 1. The van der Waals surface area contributed by atoms with E-state index in [1.165, 1.54) is 10.6 Å². The van der Waals surface area contributed by atoms with Crippen molar-refractivity contribution in [1.82, 2.24) is 0 Å². The SMILES string of the molecule is [CH2-]C=CP(c1ccccc1)c1ccccc1.[Fe]. The fourth-order valence-electron chi connectivity index (χ4n) is 1.60. The van der Waals surface area contributed by atoms with E-state index in [1.54, 1.807) is 0 Å². The van der Waals surface area contributed by atoms with Crippen molar-refractivity contribution in [3.05, 3.63) is 79.5 Å². The molecule has 0 aliphatic carbocycles. The van der Waals surface area contributed by atoms with Crippen LogP contribution >= 0.6 is 7.92 Å². The molecule has 2 heteroatoms. The third-order valence-corrected chi connectivity index (χ3v) is 4.54. The number of hydrogen-bond donors (Lipinski definition) is 0. The molecule has 2 aromatic rings. The summed E-state index contributed by atoms with van der Waals surface area (Å²) in [6, 6.07) is 21.2. The fourth-order valence-corrected chi connectivity index (χ4v) is 3.44. The van der Waals surface area contributed by atoms with Crippen LogP contribution in [0.5, 0.6) is 0 Å². The van der Waals surface area contributed by atoms with Crippen LogP contribution in [0.25, 0.3) is 0 Å². The summed E-state index contributed by atoms with van der Waals surface area (Å²) in [5, 5.41) is 2.73. The zero-order valence-electron chi connectivity index (χ0n) is 9.44. The van der Waals surface area contributed by atoms with Gasteiger partial charge in [-0.15, -0.1) is 7.92 Å². The van der Waals surface area contributed by atoms with Crippen LogP contribution in [0.1, 0.15) is 0 Å². The van der Waals surface area contributed by atoms with Crippen LogP contribution in [0.3, 0.4) is 0 Å². The van der Waals surface area contributed by atoms with Crippen molar-refractivity contribution in [1.29, 1.82) is 0 Å². The first kappa shape index (κ1) is 14.1. The second-order valence-electron chi connectivity index (χ2n) is 3.43. The van der Waals surface area contributed by atoms with Gasteiger partial charge >= 0.3 is 0 Å². The first-order valence-electron chi connectivity index (χ1n) is 5.27. The van der Waals surface area contributed by atoms with Crippen LogP contribution in [0.4, 0.5) is 0 Å². The minimum atomic E-state index is -0.394. The van der Waals surface area contributed by atoms with Gasteiger partial charge in [-0.05, 0) is 10.6 Å². The van der Waals surface area contributed by atoms with Crippen molar-refractivity contribution in [2.45, 2.75) is 0 Å². The molecule has 0 amide bonds. The van der Waals surface area contributed by atoms with E-state index in [1.807, 2.05) is 6.08 Å². The van der Waals surface area contributed by atoms with E-state index >= 15 is 0 Å². The maximum Gasteiger partial charge on any atom is 0 e. The second kappa shape index (κ2) is 7.35. The van der Waals surface area contributed by atoms with E-state index < -0.39 is 7.92 Å². The van der Waals surface area contributed by atoms with E-state index in [0.717, 1.165) is 0 Å². The third-order valence-electron chi connectivity index (χ3n) is 2.32. The van der Waals surface area contributed by atoms with Gasteiger partial charge in [0.25, 0.3) is 0 Å². The van der Waals surface area contributed by atoms with E-state index in [4.69, 9.17) is 0 Å². The van der Waals surface area contributed by atoms with Crippen LogP contribution in [0.2, 0.25) is 0 Å². The molecule has 0 fully saturated rings. The summed E-state index contributed by atoms with van der Waals surface area (Å²) in [6.07, 6.45) is 1.89. The summed E-state index contributed by atoms with van der Waals surface area (Å²) in [4.78, 5) is 0. The van der Waals surface area contributed by atoms with E-state index in [9.17, 15) is 0 Å². The molecule has 0 saturated heterocycles. The molecule has 0 atom stereocenters. The molecular weight excluding hydrogens is 267 g/mol. The second-order valence-corrected chi connectivity index (χ2v) is 5.50. The minimum absolute atomic E-state index is 0. The quantitative estimate of drug-likeness (QED) is 0.459. The van der Waals surface area contributed by atoms with Crippen LogP contribution in [-0.4, -0.2) is 0 Å². The molecule has 0 aliphatic heterocycles. The van der Waals surface area contributed by atoms with Gasteiger partial charge in [0.1, 0.15) is 0 Å². The van der Waals surface area contributed by atoms with E-state index in [-0.39, 0.29) is 17.1 Å². The Morgan fingerprint density at radius 1 is 0.765 bits per heavy atom. The monoisotopic (exact) mass is 281 g/mol. The standard InChI is InChI=1S/C15H14P.Fe/c1-2-13-16(14-9-5-3-6-10-14)15-11-7-4-8-12-15;/h2-13H,1H2;/q-1;. The van der Waals surface area contributed by atoms with Gasteiger partial charge in [0, 0.05) is 17.1 Å². The largest absolute Gasteiger partial charge is 0.245 e. The van der Waals surface area contributed by atoms with E-state index in [2.05, 4.69) is 73.4 Å². The Balaban J connectivity index is 0.00000144. The summed E-state index contributed by atoms with van der Waals surface area (Å²) in [5.74, 6) is 2.19. The van der Waals surface area contributed by atoms with Crippen molar-refractivity contribution < 1.29 is 17.1 Å². The molecule has 2 aromatic carbocycles. The zero-order chi connectivity index (χ0) is 11.2. The molecule has 0 nitrogen and oxygen atoms in total. The molecule has 0 aliphatic rings. The van der Waals surface area contributed by atoms with Crippen LogP contribution in [0, 0.1) is 6.92 Å². The molecule has 0 heterocycles. The first-order chi connectivity index (χ1) is 7.92. The van der Waals surface area contributed by atoms with Crippen molar-refractivity contribution >= 4 is 18.5 Å². The van der Waals surface area contributed by atoms with Gasteiger partial charge < -0.3 is 0 Å². The third kappa shape index (κ3) is 3.75. The van der Waals surface area contributed by atoms with Crippen LogP contribution in [-0.2, 0) is 17.1 Å². The molecule has 88 valence electrons. The number of hydrogen-bond acceptors (Lipinski definition) is 0. The Bertz CT molecular complexity index is 411. The minimum Gasteiger partial charge on any atom is -0.245 e. The van der Waals surface area contributed by atoms with Crippen molar-refractivity contribution in [2.75, 3.05) is 0 Å². The molecule has 0 spiro atoms. The van der Waals surface area contributed by atoms with Gasteiger partial charge in [-0.2, -0.15) is 5.82 Å². The van der Waals surface area contributed by atoms with Gasteiger partial charge in [0.05, 0.1) is 0 Å². The molecular formula is C15H14FeP-. The summed E-state index contributed by atoms with van der Waals surface area (Å²) in [6.45, 7) is 3.81. The van der Waals surface area contributed by atoms with Gasteiger partial charge in [-0.25, -0.2) is 13.0 Å².